The van der Waals surface area contributed by atoms with Gasteiger partial charge in [-0.25, -0.2) is 5.06 Å². The second-order valence-electron chi connectivity index (χ2n) is 7.98. The molecular formula is C21H27N5O5S. The lowest BCUT2D eigenvalue weighted by Gasteiger charge is -2.45. The molecule has 2 fully saturated rings. The Labute approximate surface area is 190 Å². The number of methoxy groups -OCH3 is 1. The molecule has 2 aromatic rings. The molecule has 10 nitrogen and oxygen atoms in total. The van der Waals surface area contributed by atoms with Crippen molar-refractivity contribution in [2.24, 2.45) is 13.0 Å². The number of furan rings is 1. The number of hydrogen-bond acceptors (Lipinski definition) is 9. The first kappa shape index (κ1) is 22.6. The van der Waals surface area contributed by atoms with Crippen molar-refractivity contribution in [1.29, 1.82) is 0 Å². The molecule has 0 N–H and O–H groups in total. The SMILES string of the molecule is C=CCON1C(=O)C[C@H](C(=O)OC)C12CCN(Cc1ccc(Sc3nncn3C)o1)CC2. The zero-order valence-corrected chi connectivity index (χ0v) is 19.0. The Kier molecular flexibility index (Phi) is 6.68. The third-order valence-corrected chi connectivity index (χ3v) is 7.04. The van der Waals surface area contributed by atoms with E-state index in [-0.39, 0.29) is 24.9 Å². The highest BCUT2D eigenvalue weighted by atomic mass is 32.2. The lowest BCUT2D eigenvalue weighted by Crippen LogP contribution is -2.57. The van der Waals surface area contributed by atoms with Crippen LogP contribution in [0.5, 0.6) is 0 Å². The largest absolute Gasteiger partial charge is 0.469 e. The summed E-state index contributed by atoms with van der Waals surface area (Å²) in [5.41, 5.74) is -0.695. The summed E-state index contributed by atoms with van der Waals surface area (Å²) in [6.45, 7) is 5.90. The second-order valence-corrected chi connectivity index (χ2v) is 8.95. The molecule has 1 amide bonds. The van der Waals surface area contributed by atoms with Crippen LogP contribution in [0.3, 0.4) is 0 Å². The fraction of sp³-hybridized carbons (Fsp3) is 0.524. The number of hydrogen-bond donors (Lipinski definition) is 0. The summed E-state index contributed by atoms with van der Waals surface area (Å²) in [5.74, 6) is -0.248. The van der Waals surface area contributed by atoms with Gasteiger partial charge in [-0.05, 0) is 36.7 Å². The van der Waals surface area contributed by atoms with Crippen molar-refractivity contribution in [3.05, 3.63) is 36.9 Å². The molecule has 0 aromatic carbocycles. The van der Waals surface area contributed by atoms with Gasteiger partial charge in [0.25, 0.3) is 0 Å². The van der Waals surface area contributed by atoms with Crippen LogP contribution in [0.1, 0.15) is 25.0 Å². The number of ether oxygens (including phenoxy) is 1. The summed E-state index contributed by atoms with van der Waals surface area (Å²) in [4.78, 5) is 33.1. The Bertz CT molecular complexity index is 981. The highest BCUT2D eigenvalue weighted by Crippen LogP contribution is 2.44. The highest BCUT2D eigenvalue weighted by molar-refractivity contribution is 7.99. The number of hydroxylamine groups is 2. The van der Waals surface area contributed by atoms with Gasteiger partial charge >= 0.3 is 5.97 Å². The molecule has 2 saturated heterocycles. The zero-order chi connectivity index (χ0) is 22.7. The normalized spacial score (nSPS) is 20.8. The predicted molar refractivity (Wildman–Crippen MR) is 114 cm³/mol. The van der Waals surface area contributed by atoms with Crippen LogP contribution in [0.4, 0.5) is 0 Å². The summed E-state index contributed by atoms with van der Waals surface area (Å²) in [6.07, 6.45) is 4.56. The molecule has 1 spiro atoms. The maximum atomic E-state index is 12.6. The van der Waals surface area contributed by atoms with Crippen LogP contribution < -0.4 is 0 Å². The number of likely N-dealkylation sites (tertiary alicyclic amines) is 1. The van der Waals surface area contributed by atoms with Crippen LogP contribution in [0.2, 0.25) is 0 Å². The molecule has 4 heterocycles. The van der Waals surface area contributed by atoms with E-state index in [0.717, 1.165) is 16.0 Å². The fourth-order valence-corrected chi connectivity index (χ4v) is 5.18. The first-order valence-corrected chi connectivity index (χ1v) is 11.3. The van der Waals surface area contributed by atoms with Gasteiger partial charge in [0.15, 0.2) is 10.2 Å². The maximum Gasteiger partial charge on any atom is 0.311 e. The third-order valence-electron chi connectivity index (χ3n) is 6.07. The summed E-state index contributed by atoms with van der Waals surface area (Å²) >= 11 is 1.42. The van der Waals surface area contributed by atoms with E-state index < -0.39 is 11.5 Å². The van der Waals surface area contributed by atoms with Gasteiger partial charge in [0, 0.05) is 26.6 Å². The van der Waals surface area contributed by atoms with E-state index >= 15 is 0 Å². The average Bonchev–Trinajstić information content (AvgIpc) is 3.47. The van der Waals surface area contributed by atoms with Crippen molar-refractivity contribution in [2.45, 2.75) is 41.6 Å². The number of piperidine rings is 1. The lowest BCUT2D eigenvalue weighted by atomic mass is 9.77. The molecule has 1 atom stereocenters. The fourth-order valence-electron chi connectivity index (χ4n) is 4.43. The number of carbonyl (C=O) groups is 2. The monoisotopic (exact) mass is 461 g/mol. The molecule has 32 heavy (non-hydrogen) atoms. The minimum atomic E-state index is -0.695. The number of amides is 1. The molecule has 0 unspecified atom stereocenters. The molecule has 172 valence electrons. The summed E-state index contributed by atoms with van der Waals surface area (Å²) < 4.78 is 12.8. The molecule has 0 bridgehead atoms. The van der Waals surface area contributed by atoms with Crippen LogP contribution in [0.15, 0.2) is 45.8 Å². The van der Waals surface area contributed by atoms with Crippen LogP contribution in [-0.2, 0) is 32.8 Å². The standard InChI is InChI=1S/C21H27N5O5S/c1-4-11-30-26-17(27)12-16(19(28)29-3)21(26)7-9-25(10-8-21)13-15-5-6-18(31-15)32-20-23-22-14-24(20)2/h4-6,14,16H,1,7-13H2,2-3H3/t16-/m1/s1. The van der Waals surface area contributed by atoms with Crippen LogP contribution in [0, 0.1) is 5.92 Å². The van der Waals surface area contributed by atoms with Crippen molar-refractivity contribution >= 4 is 23.6 Å². The first-order valence-electron chi connectivity index (χ1n) is 10.4. The Hall–Kier alpha value is -2.63. The second kappa shape index (κ2) is 9.47. The van der Waals surface area contributed by atoms with E-state index in [4.69, 9.17) is 14.0 Å². The Morgan fingerprint density at radius 1 is 1.41 bits per heavy atom. The summed E-state index contributed by atoms with van der Waals surface area (Å²) in [6, 6.07) is 3.88. The topological polar surface area (TPSA) is 103 Å². The number of rotatable bonds is 8. The highest BCUT2D eigenvalue weighted by Gasteiger charge is 2.58. The van der Waals surface area contributed by atoms with Crippen molar-refractivity contribution in [1.82, 2.24) is 24.7 Å². The van der Waals surface area contributed by atoms with Gasteiger partial charge in [0.2, 0.25) is 5.91 Å². The number of esters is 1. The van der Waals surface area contributed by atoms with E-state index in [1.54, 1.807) is 12.4 Å². The van der Waals surface area contributed by atoms with Crippen LogP contribution in [-0.4, -0.2) is 68.9 Å². The number of carbonyl (C=O) groups excluding carboxylic acids is 2. The van der Waals surface area contributed by atoms with Gasteiger partial charge in [0.05, 0.1) is 31.7 Å². The number of aromatic nitrogens is 3. The van der Waals surface area contributed by atoms with E-state index in [1.807, 2.05) is 23.7 Å². The summed E-state index contributed by atoms with van der Waals surface area (Å²) in [5, 5.41) is 10.8. The molecule has 4 rings (SSSR count). The third kappa shape index (κ3) is 4.32. The zero-order valence-electron chi connectivity index (χ0n) is 18.2. The van der Waals surface area contributed by atoms with E-state index in [2.05, 4.69) is 21.7 Å². The Morgan fingerprint density at radius 3 is 2.84 bits per heavy atom. The van der Waals surface area contributed by atoms with Gasteiger partial charge < -0.3 is 13.7 Å². The maximum absolute atomic E-state index is 12.6. The average molecular weight is 462 g/mol. The molecular weight excluding hydrogens is 434 g/mol. The molecule has 11 heteroatoms. The number of aryl methyl sites for hydroxylation is 1. The van der Waals surface area contributed by atoms with Gasteiger partial charge in [-0.15, -0.1) is 16.8 Å². The van der Waals surface area contributed by atoms with Crippen LogP contribution >= 0.6 is 11.8 Å². The van der Waals surface area contributed by atoms with Gasteiger partial charge in [0.1, 0.15) is 12.1 Å². The van der Waals surface area contributed by atoms with Gasteiger partial charge in [-0.3, -0.25) is 19.3 Å². The molecule has 0 saturated carbocycles. The van der Waals surface area contributed by atoms with Crippen molar-refractivity contribution in [3.63, 3.8) is 0 Å². The predicted octanol–water partition coefficient (Wildman–Crippen LogP) is 2.03. The Balaban J connectivity index is 1.41. The number of nitrogens with zero attached hydrogens (tertiary/aromatic N) is 5. The molecule has 0 aliphatic carbocycles. The van der Waals surface area contributed by atoms with Crippen LogP contribution in [0.25, 0.3) is 0 Å². The first-order chi connectivity index (χ1) is 15.5. The Morgan fingerprint density at radius 2 is 2.19 bits per heavy atom. The van der Waals surface area contributed by atoms with Crippen molar-refractivity contribution in [3.8, 4) is 0 Å². The molecule has 2 aliphatic heterocycles. The van der Waals surface area contributed by atoms with E-state index in [1.165, 1.54) is 23.9 Å². The minimum Gasteiger partial charge on any atom is -0.469 e. The van der Waals surface area contributed by atoms with Gasteiger partial charge in [-0.2, -0.15) is 0 Å². The van der Waals surface area contributed by atoms with Gasteiger partial charge in [-0.1, -0.05) is 6.08 Å². The molecule has 2 aliphatic rings. The van der Waals surface area contributed by atoms with Crippen molar-refractivity contribution < 1.29 is 23.6 Å². The smallest absolute Gasteiger partial charge is 0.311 e. The molecule has 0 radical (unpaired) electrons. The van der Waals surface area contributed by atoms with E-state index in [0.29, 0.717) is 32.5 Å². The minimum absolute atomic E-state index is 0.102. The molecule has 2 aromatic heterocycles. The quantitative estimate of drug-likeness (QED) is 0.431. The van der Waals surface area contributed by atoms with Crippen molar-refractivity contribution in [2.75, 3.05) is 26.8 Å². The lowest BCUT2D eigenvalue weighted by molar-refractivity contribution is -0.218. The summed E-state index contributed by atoms with van der Waals surface area (Å²) in [7, 11) is 3.24. The van der Waals surface area contributed by atoms with E-state index in [9.17, 15) is 9.59 Å².